The van der Waals surface area contributed by atoms with E-state index in [1.165, 1.54) is 25.7 Å². The largest absolute Gasteiger partial charge is 0.487 e. The molecule has 0 aliphatic heterocycles. The van der Waals surface area contributed by atoms with Crippen molar-refractivity contribution in [1.29, 1.82) is 0 Å². The number of hydrogen-bond acceptors (Lipinski definition) is 5. The van der Waals surface area contributed by atoms with E-state index in [9.17, 15) is 0 Å². The molecule has 0 saturated carbocycles. The molecule has 126 valence electrons. The van der Waals surface area contributed by atoms with Crippen molar-refractivity contribution in [2.45, 2.75) is 64.8 Å². The molecule has 21 heavy (non-hydrogen) atoms. The highest BCUT2D eigenvalue weighted by Crippen LogP contribution is 2.07. The van der Waals surface area contributed by atoms with Gasteiger partial charge in [0.25, 0.3) is 0 Å². The van der Waals surface area contributed by atoms with Crippen molar-refractivity contribution in [3.8, 4) is 0 Å². The maximum Gasteiger partial charge on any atom is 0.161 e. The third-order valence-electron chi connectivity index (χ3n) is 2.94. The van der Waals surface area contributed by atoms with Crippen LogP contribution < -0.4 is 0 Å². The average molecular weight is 337 g/mol. The summed E-state index contributed by atoms with van der Waals surface area (Å²) in [7, 11) is -0.452. The van der Waals surface area contributed by atoms with Crippen molar-refractivity contribution < 1.29 is 18.9 Å². The summed E-state index contributed by atoms with van der Waals surface area (Å²) in [4.78, 5) is 9.62. The summed E-state index contributed by atoms with van der Waals surface area (Å²) < 4.78 is 11.1. The minimum atomic E-state index is -0.452. The minimum Gasteiger partial charge on any atom is -0.487 e. The lowest BCUT2D eigenvalue weighted by molar-refractivity contribution is -0.293. The van der Waals surface area contributed by atoms with Gasteiger partial charge in [-0.25, -0.2) is 9.78 Å². The van der Waals surface area contributed by atoms with E-state index in [4.69, 9.17) is 31.2 Å². The van der Waals surface area contributed by atoms with E-state index in [0.717, 1.165) is 37.0 Å². The molecule has 0 radical (unpaired) electrons. The molecule has 0 aromatic heterocycles. The normalized spacial score (nSPS) is 11.3. The second kappa shape index (κ2) is 18.0. The summed E-state index contributed by atoms with van der Waals surface area (Å²) >= 11 is 5.22. The van der Waals surface area contributed by atoms with Gasteiger partial charge < -0.3 is 9.16 Å². The molecular weight excluding hydrogens is 304 g/mol. The van der Waals surface area contributed by atoms with Gasteiger partial charge in [-0.15, -0.1) is 0 Å². The Morgan fingerprint density at radius 2 is 1.71 bits per heavy atom. The van der Waals surface area contributed by atoms with E-state index >= 15 is 0 Å². The Labute approximate surface area is 137 Å². The van der Waals surface area contributed by atoms with E-state index < -0.39 is 9.76 Å². The van der Waals surface area contributed by atoms with Gasteiger partial charge in [-0.3, -0.25) is 0 Å². The number of unbranched alkanes of at least 4 members (excludes halogenated alkanes) is 4. The first-order valence-electron chi connectivity index (χ1n) is 8.29. The van der Waals surface area contributed by atoms with Crippen LogP contribution in [0.4, 0.5) is 0 Å². The monoisotopic (exact) mass is 336 g/mol. The summed E-state index contributed by atoms with van der Waals surface area (Å²) in [5.74, 6) is 0. The fourth-order valence-electron chi connectivity index (χ4n) is 1.77. The van der Waals surface area contributed by atoms with Crippen LogP contribution >= 0.6 is 12.2 Å². The highest BCUT2D eigenvalue weighted by atomic mass is 32.1. The number of ether oxygens (including phenoxy) is 1. The third-order valence-corrected chi connectivity index (χ3v) is 4.63. The first-order chi connectivity index (χ1) is 10.3. The molecule has 0 aliphatic carbocycles. The SMILES string of the molecule is CCCCCCCC(=S)OCCC[SiH2]OCCOOCC. The van der Waals surface area contributed by atoms with Crippen molar-refractivity contribution in [3.63, 3.8) is 0 Å². The Hall–Kier alpha value is -0.0131. The molecule has 0 unspecified atom stereocenters. The molecule has 0 rings (SSSR count). The van der Waals surface area contributed by atoms with Gasteiger partial charge in [0.15, 0.2) is 14.8 Å². The zero-order valence-electron chi connectivity index (χ0n) is 13.7. The third kappa shape index (κ3) is 17.9. The smallest absolute Gasteiger partial charge is 0.161 e. The van der Waals surface area contributed by atoms with Crippen LogP contribution in [-0.2, 0) is 18.9 Å². The molecule has 0 spiro atoms. The van der Waals surface area contributed by atoms with E-state index in [2.05, 4.69) is 6.92 Å². The lowest BCUT2D eigenvalue weighted by Crippen LogP contribution is -2.09. The molecule has 0 amide bonds. The van der Waals surface area contributed by atoms with Crippen molar-refractivity contribution in [3.05, 3.63) is 0 Å². The van der Waals surface area contributed by atoms with Gasteiger partial charge in [0.05, 0.1) is 19.8 Å². The second-order valence-corrected chi connectivity index (χ2v) is 6.91. The van der Waals surface area contributed by atoms with E-state index in [0.29, 0.717) is 19.8 Å². The Morgan fingerprint density at radius 1 is 0.905 bits per heavy atom. The summed E-state index contributed by atoms with van der Waals surface area (Å²) in [6.45, 7) is 6.58. The van der Waals surface area contributed by atoms with Crippen LogP contribution in [0.1, 0.15) is 58.8 Å². The Bertz CT molecular complexity index is 230. The lowest BCUT2D eigenvalue weighted by atomic mass is 10.1. The van der Waals surface area contributed by atoms with Crippen molar-refractivity contribution in [2.24, 2.45) is 0 Å². The molecule has 0 aliphatic rings. The van der Waals surface area contributed by atoms with Crippen LogP contribution in [0.3, 0.4) is 0 Å². The molecular formula is C15H32O4SSi. The lowest BCUT2D eigenvalue weighted by Gasteiger charge is -2.07. The van der Waals surface area contributed by atoms with Crippen LogP contribution in [-0.4, -0.2) is 41.2 Å². The van der Waals surface area contributed by atoms with Gasteiger partial charge in [-0.1, -0.05) is 32.6 Å². The van der Waals surface area contributed by atoms with Crippen LogP contribution in [0.5, 0.6) is 0 Å². The Kier molecular flexibility index (Phi) is 18.0. The Morgan fingerprint density at radius 3 is 2.48 bits per heavy atom. The summed E-state index contributed by atoms with van der Waals surface area (Å²) in [6.07, 6.45) is 8.32. The molecule has 0 aromatic rings. The topological polar surface area (TPSA) is 36.9 Å². The molecule has 0 N–H and O–H groups in total. The predicted octanol–water partition coefficient (Wildman–Crippen LogP) is 3.57. The maximum atomic E-state index is 5.56. The molecule has 0 heterocycles. The summed E-state index contributed by atoms with van der Waals surface area (Å²) in [5.41, 5.74) is 0. The summed E-state index contributed by atoms with van der Waals surface area (Å²) in [6, 6.07) is 1.12. The molecule has 0 fully saturated rings. The number of thiocarbonyl (C=S) groups is 1. The van der Waals surface area contributed by atoms with Crippen LogP contribution in [0.15, 0.2) is 0 Å². The van der Waals surface area contributed by atoms with Gasteiger partial charge in [-0.05, 0) is 38.0 Å². The number of rotatable bonds is 16. The highest BCUT2D eigenvalue weighted by Gasteiger charge is 1.99. The zero-order chi connectivity index (χ0) is 15.6. The standard InChI is InChI=1S/C15H32O4SSi/c1-3-5-6-7-8-10-15(20)16-11-9-14-21-19-13-12-18-17-4-2/h3-14,21H2,1-2H3. The number of hydrogen-bond donors (Lipinski definition) is 0. The summed E-state index contributed by atoms with van der Waals surface area (Å²) in [5, 5.41) is 0.777. The fourth-order valence-corrected chi connectivity index (χ4v) is 2.94. The van der Waals surface area contributed by atoms with E-state index in [-0.39, 0.29) is 0 Å². The fraction of sp³-hybridized carbons (Fsp3) is 0.933. The van der Waals surface area contributed by atoms with Gasteiger partial charge in [0, 0.05) is 6.42 Å². The molecule has 4 nitrogen and oxygen atoms in total. The molecule has 6 heteroatoms. The Balaban J connectivity index is 3.11. The van der Waals surface area contributed by atoms with Crippen LogP contribution in [0.2, 0.25) is 6.04 Å². The minimum absolute atomic E-state index is 0.452. The maximum absolute atomic E-state index is 5.56. The molecule has 0 aromatic carbocycles. The van der Waals surface area contributed by atoms with E-state index in [1.54, 1.807) is 0 Å². The molecule has 0 bridgehead atoms. The molecule has 0 saturated heterocycles. The average Bonchev–Trinajstić information content (AvgIpc) is 2.49. The van der Waals surface area contributed by atoms with Crippen molar-refractivity contribution in [2.75, 3.05) is 26.4 Å². The van der Waals surface area contributed by atoms with Crippen molar-refractivity contribution >= 4 is 27.0 Å². The van der Waals surface area contributed by atoms with Gasteiger partial charge >= 0.3 is 0 Å². The first-order valence-corrected chi connectivity index (χ1v) is 10.3. The quantitative estimate of drug-likeness (QED) is 0.142. The van der Waals surface area contributed by atoms with E-state index in [1.807, 2.05) is 6.92 Å². The van der Waals surface area contributed by atoms with Crippen LogP contribution in [0, 0.1) is 0 Å². The highest BCUT2D eigenvalue weighted by molar-refractivity contribution is 7.80. The second-order valence-electron chi connectivity index (χ2n) is 4.93. The van der Waals surface area contributed by atoms with Gasteiger partial charge in [-0.2, -0.15) is 0 Å². The first kappa shape index (κ1) is 21.0. The zero-order valence-corrected chi connectivity index (χ0v) is 16.0. The van der Waals surface area contributed by atoms with Crippen LogP contribution in [0.25, 0.3) is 0 Å². The predicted molar refractivity (Wildman–Crippen MR) is 93.4 cm³/mol. The van der Waals surface area contributed by atoms with Crippen molar-refractivity contribution in [1.82, 2.24) is 0 Å². The molecule has 0 atom stereocenters. The van der Waals surface area contributed by atoms with Gasteiger partial charge in [0.2, 0.25) is 0 Å². The van der Waals surface area contributed by atoms with Gasteiger partial charge in [0.1, 0.15) is 6.61 Å².